The van der Waals surface area contributed by atoms with Crippen molar-refractivity contribution in [1.29, 1.82) is 0 Å². The van der Waals surface area contributed by atoms with Crippen molar-refractivity contribution in [3.63, 3.8) is 0 Å². The number of unbranched alkanes of at least 4 members (excludes halogenated alkanes) is 1. The van der Waals surface area contributed by atoms with Gasteiger partial charge < -0.3 is 15.3 Å². The Morgan fingerprint density at radius 3 is 2.78 bits per heavy atom. The summed E-state index contributed by atoms with van der Waals surface area (Å²) in [5.74, 6) is 0. The maximum Gasteiger partial charge on any atom is 0.321 e. The van der Waals surface area contributed by atoms with Gasteiger partial charge in [-0.05, 0) is 31.0 Å². The molecule has 1 aromatic rings. The SMILES string of the molecule is CCCCN(CCO)C(=O)Nc1cccc(C)c1. The van der Waals surface area contributed by atoms with Crippen LogP contribution in [0.1, 0.15) is 25.3 Å². The average molecular weight is 250 g/mol. The summed E-state index contributed by atoms with van der Waals surface area (Å²) >= 11 is 0. The molecule has 0 aromatic heterocycles. The standard InChI is InChI=1S/C14H22N2O2/c1-3-4-8-16(9-10-17)14(18)15-13-7-5-6-12(2)11-13/h5-7,11,17H,3-4,8-10H2,1-2H3,(H,15,18). The number of nitrogens with zero attached hydrogens (tertiary/aromatic N) is 1. The average Bonchev–Trinajstić information content (AvgIpc) is 2.34. The Kier molecular flexibility index (Phi) is 6.22. The van der Waals surface area contributed by atoms with Crippen LogP contribution >= 0.6 is 0 Å². The van der Waals surface area contributed by atoms with E-state index in [4.69, 9.17) is 5.11 Å². The van der Waals surface area contributed by atoms with Gasteiger partial charge in [0, 0.05) is 18.8 Å². The zero-order valence-corrected chi connectivity index (χ0v) is 11.1. The number of anilines is 1. The monoisotopic (exact) mass is 250 g/mol. The van der Waals surface area contributed by atoms with Gasteiger partial charge in [0.05, 0.1) is 6.61 Å². The molecule has 2 amide bonds. The lowest BCUT2D eigenvalue weighted by Gasteiger charge is -2.22. The van der Waals surface area contributed by atoms with Gasteiger partial charge in [0.25, 0.3) is 0 Å². The highest BCUT2D eigenvalue weighted by Gasteiger charge is 2.12. The fraction of sp³-hybridized carbons (Fsp3) is 0.500. The predicted octanol–water partition coefficient (Wildman–Crippen LogP) is 2.62. The molecule has 0 atom stereocenters. The third-order valence-electron chi connectivity index (χ3n) is 2.71. The number of carbonyl (C=O) groups excluding carboxylic acids is 1. The second-order valence-corrected chi connectivity index (χ2v) is 4.36. The van der Waals surface area contributed by atoms with Gasteiger partial charge in [-0.25, -0.2) is 4.79 Å². The highest BCUT2D eigenvalue weighted by Crippen LogP contribution is 2.10. The minimum absolute atomic E-state index is 0.00898. The Balaban J connectivity index is 2.60. The number of aliphatic hydroxyl groups is 1. The number of urea groups is 1. The molecule has 2 N–H and O–H groups in total. The molecule has 0 unspecified atom stereocenters. The summed E-state index contributed by atoms with van der Waals surface area (Å²) in [6.07, 6.45) is 1.97. The Morgan fingerprint density at radius 2 is 2.17 bits per heavy atom. The van der Waals surface area contributed by atoms with Crippen molar-refractivity contribution >= 4 is 11.7 Å². The molecule has 0 bridgehead atoms. The highest BCUT2D eigenvalue weighted by atomic mass is 16.3. The van der Waals surface area contributed by atoms with Gasteiger partial charge in [0.2, 0.25) is 0 Å². The van der Waals surface area contributed by atoms with Crippen LogP contribution in [0.25, 0.3) is 0 Å². The topological polar surface area (TPSA) is 52.6 Å². The minimum atomic E-state index is -0.150. The van der Waals surface area contributed by atoms with Crippen LogP contribution in [-0.4, -0.2) is 35.7 Å². The first kappa shape index (κ1) is 14.5. The zero-order chi connectivity index (χ0) is 13.4. The van der Waals surface area contributed by atoms with E-state index in [9.17, 15) is 4.79 Å². The Bertz CT molecular complexity index is 380. The second-order valence-electron chi connectivity index (χ2n) is 4.36. The van der Waals surface area contributed by atoms with E-state index in [0.717, 1.165) is 24.1 Å². The maximum absolute atomic E-state index is 12.0. The number of aliphatic hydroxyl groups excluding tert-OH is 1. The molecular weight excluding hydrogens is 228 g/mol. The van der Waals surface area contributed by atoms with Crippen LogP contribution in [0.5, 0.6) is 0 Å². The van der Waals surface area contributed by atoms with Crippen molar-refractivity contribution < 1.29 is 9.90 Å². The molecule has 0 saturated carbocycles. The third-order valence-corrected chi connectivity index (χ3v) is 2.71. The summed E-state index contributed by atoms with van der Waals surface area (Å²) in [4.78, 5) is 13.7. The van der Waals surface area contributed by atoms with Crippen LogP contribution < -0.4 is 5.32 Å². The lowest BCUT2D eigenvalue weighted by atomic mass is 10.2. The Labute approximate surface area is 109 Å². The summed E-state index contributed by atoms with van der Waals surface area (Å²) < 4.78 is 0. The first-order chi connectivity index (χ1) is 8.67. The number of hydrogen-bond acceptors (Lipinski definition) is 2. The third kappa shape index (κ3) is 4.75. The van der Waals surface area contributed by atoms with Crippen molar-refractivity contribution in [3.05, 3.63) is 29.8 Å². The van der Waals surface area contributed by atoms with Crippen LogP contribution in [0.4, 0.5) is 10.5 Å². The molecule has 100 valence electrons. The van der Waals surface area contributed by atoms with Crippen LogP contribution in [0.15, 0.2) is 24.3 Å². The van der Waals surface area contributed by atoms with Gasteiger partial charge in [-0.15, -0.1) is 0 Å². The van der Waals surface area contributed by atoms with Gasteiger partial charge in [-0.2, -0.15) is 0 Å². The van der Waals surface area contributed by atoms with Crippen LogP contribution in [-0.2, 0) is 0 Å². The van der Waals surface area contributed by atoms with Crippen LogP contribution in [0.3, 0.4) is 0 Å². The predicted molar refractivity (Wildman–Crippen MR) is 73.8 cm³/mol. The number of benzene rings is 1. The summed E-state index contributed by atoms with van der Waals surface area (Å²) in [7, 11) is 0. The first-order valence-corrected chi connectivity index (χ1v) is 6.40. The Hall–Kier alpha value is -1.55. The molecule has 4 heteroatoms. The van der Waals surface area contributed by atoms with Crippen molar-refractivity contribution in [2.24, 2.45) is 0 Å². The fourth-order valence-corrected chi connectivity index (χ4v) is 1.71. The lowest BCUT2D eigenvalue weighted by molar-refractivity contribution is 0.187. The largest absolute Gasteiger partial charge is 0.395 e. The molecule has 1 aromatic carbocycles. The molecule has 0 saturated heterocycles. The quantitative estimate of drug-likeness (QED) is 0.815. The number of carbonyl (C=O) groups is 1. The van der Waals surface area contributed by atoms with E-state index in [1.54, 1.807) is 4.90 Å². The minimum Gasteiger partial charge on any atom is -0.395 e. The van der Waals surface area contributed by atoms with E-state index < -0.39 is 0 Å². The molecule has 0 aliphatic rings. The van der Waals surface area contributed by atoms with Gasteiger partial charge in [0.1, 0.15) is 0 Å². The highest BCUT2D eigenvalue weighted by molar-refractivity contribution is 5.89. The summed E-state index contributed by atoms with van der Waals surface area (Å²) in [5, 5.41) is 11.8. The molecule has 0 radical (unpaired) electrons. The van der Waals surface area contributed by atoms with Crippen molar-refractivity contribution in [1.82, 2.24) is 4.90 Å². The van der Waals surface area contributed by atoms with Crippen LogP contribution in [0.2, 0.25) is 0 Å². The van der Waals surface area contributed by atoms with E-state index in [-0.39, 0.29) is 12.6 Å². The van der Waals surface area contributed by atoms with Crippen molar-refractivity contribution in [3.8, 4) is 0 Å². The summed E-state index contributed by atoms with van der Waals surface area (Å²) in [6.45, 7) is 5.10. The lowest BCUT2D eigenvalue weighted by Crippen LogP contribution is -2.37. The molecule has 0 aliphatic heterocycles. The van der Waals surface area contributed by atoms with E-state index in [1.807, 2.05) is 31.2 Å². The van der Waals surface area contributed by atoms with E-state index >= 15 is 0 Å². The number of nitrogens with one attached hydrogen (secondary N) is 1. The second kappa shape index (κ2) is 7.71. The number of hydrogen-bond donors (Lipinski definition) is 2. The smallest absolute Gasteiger partial charge is 0.321 e. The molecule has 0 heterocycles. The number of rotatable bonds is 6. The Morgan fingerprint density at radius 1 is 1.39 bits per heavy atom. The van der Waals surface area contributed by atoms with Gasteiger partial charge in [0.15, 0.2) is 0 Å². The van der Waals surface area contributed by atoms with E-state index in [1.165, 1.54) is 0 Å². The van der Waals surface area contributed by atoms with Crippen LogP contribution in [0, 0.1) is 6.92 Å². The maximum atomic E-state index is 12.0. The van der Waals surface area contributed by atoms with E-state index in [0.29, 0.717) is 13.1 Å². The van der Waals surface area contributed by atoms with Gasteiger partial charge in [-0.3, -0.25) is 0 Å². The molecular formula is C14H22N2O2. The van der Waals surface area contributed by atoms with Gasteiger partial charge >= 0.3 is 6.03 Å². The zero-order valence-electron chi connectivity index (χ0n) is 11.1. The van der Waals surface area contributed by atoms with Crippen molar-refractivity contribution in [2.45, 2.75) is 26.7 Å². The normalized spacial score (nSPS) is 10.2. The molecule has 0 aliphatic carbocycles. The molecule has 0 spiro atoms. The van der Waals surface area contributed by atoms with E-state index in [2.05, 4.69) is 12.2 Å². The first-order valence-electron chi connectivity index (χ1n) is 6.40. The molecule has 0 fully saturated rings. The molecule has 1 rings (SSSR count). The number of amides is 2. The molecule has 4 nitrogen and oxygen atoms in total. The van der Waals surface area contributed by atoms with Gasteiger partial charge in [-0.1, -0.05) is 25.5 Å². The molecule has 18 heavy (non-hydrogen) atoms. The fourth-order valence-electron chi connectivity index (χ4n) is 1.71. The summed E-state index contributed by atoms with van der Waals surface area (Å²) in [5.41, 5.74) is 1.90. The number of aryl methyl sites for hydroxylation is 1. The van der Waals surface area contributed by atoms with Crippen molar-refractivity contribution in [2.75, 3.05) is 25.0 Å². The summed E-state index contributed by atoms with van der Waals surface area (Å²) in [6, 6.07) is 7.53.